The minimum absolute atomic E-state index is 0.881. The van der Waals surface area contributed by atoms with Crippen LogP contribution in [0, 0.1) is 0 Å². The van der Waals surface area contributed by atoms with Crippen molar-refractivity contribution in [2.45, 2.75) is 12.8 Å². The predicted octanol–water partition coefficient (Wildman–Crippen LogP) is 5.21. The molecule has 0 aliphatic rings. The highest BCUT2D eigenvalue weighted by atomic mass is 32.1. The van der Waals surface area contributed by atoms with Crippen molar-refractivity contribution in [3.05, 3.63) is 70.8 Å². The Morgan fingerprint density at radius 1 is 0.909 bits per heavy atom. The van der Waals surface area contributed by atoms with Gasteiger partial charge in [0.2, 0.25) is 0 Å². The Bertz CT molecular complexity index is 880. The van der Waals surface area contributed by atoms with Gasteiger partial charge in [0.05, 0.1) is 0 Å². The Morgan fingerprint density at radius 3 is 2.64 bits per heavy atom. The van der Waals surface area contributed by atoms with Crippen molar-refractivity contribution in [2.75, 3.05) is 0 Å². The standard InChI is InChI=1S/C18H14N2S2/c1-2-5-13(6-3-1)8-9-17-19-11-14-15(12-22-18(14)20-17)16-7-4-10-21-16/h1-7,10-12H,8-9H2. The van der Waals surface area contributed by atoms with Gasteiger partial charge < -0.3 is 0 Å². The molecule has 3 heterocycles. The van der Waals surface area contributed by atoms with Crippen LogP contribution in [0.1, 0.15) is 11.4 Å². The lowest BCUT2D eigenvalue weighted by Gasteiger charge is -2.01. The van der Waals surface area contributed by atoms with Gasteiger partial charge in [0.25, 0.3) is 0 Å². The van der Waals surface area contributed by atoms with E-state index in [0.717, 1.165) is 28.9 Å². The Labute approximate surface area is 137 Å². The second kappa shape index (κ2) is 5.99. The van der Waals surface area contributed by atoms with Crippen molar-refractivity contribution in [3.8, 4) is 10.4 Å². The van der Waals surface area contributed by atoms with E-state index in [9.17, 15) is 0 Å². The van der Waals surface area contributed by atoms with Crippen molar-refractivity contribution < 1.29 is 0 Å². The molecule has 0 saturated heterocycles. The number of hydrogen-bond acceptors (Lipinski definition) is 4. The Hall–Kier alpha value is -2.04. The van der Waals surface area contributed by atoms with Gasteiger partial charge in [-0.1, -0.05) is 36.4 Å². The first-order chi connectivity index (χ1) is 10.9. The summed E-state index contributed by atoms with van der Waals surface area (Å²) in [5, 5.41) is 5.45. The summed E-state index contributed by atoms with van der Waals surface area (Å²) in [4.78, 5) is 11.7. The van der Waals surface area contributed by atoms with Gasteiger partial charge in [0.15, 0.2) is 0 Å². The Morgan fingerprint density at radius 2 is 1.82 bits per heavy atom. The van der Waals surface area contributed by atoms with E-state index in [2.05, 4.69) is 52.1 Å². The lowest BCUT2D eigenvalue weighted by atomic mass is 10.1. The lowest BCUT2D eigenvalue weighted by molar-refractivity contribution is 0.871. The molecule has 1 aromatic carbocycles. The molecule has 22 heavy (non-hydrogen) atoms. The molecule has 4 aromatic rings. The quantitative estimate of drug-likeness (QED) is 0.516. The van der Waals surface area contributed by atoms with Crippen molar-refractivity contribution in [1.29, 1.82) is 0 Å². The summed E-state index contributed by atoms with van der Waals surface area (Å²) in [7, 11) is 0. The van der Waals surface area contributed by atoms with Crippen LogP contribution in [0.3, 0.4) is 0 Å². The van der Waals surface area contributed by atoms with E-state index in [0.29, 0.717) is 0 Å². The van der Waals surface area contributed by atoms with Gasteiger partial charge in [-0.3, -0.25) is 0 Å². The van der Waals surface area contributed by atoms with Crippen LogP contribution in [0.15, 0.2) is 59.4 Å². The number of rotatable bonds is 4. The summed E-state index contributed by atoms with van der Waals surface area (Å²) in [5.41, 5.74) is 2.58. The SMILES string of the molecule is c1ccc(CCc2ncc3c(-c4cccs4)csc3n2)cc1. The maximum absolute atomic E-state index is 4.73. The van der Waals surface area contributed by atoms with E-state index in [1.165, 1.54) is 16.0 Å². The fourth-order valence-electron chi connectivity index (χ4n) is 2.50. The number of fused-ring (bicyclic) bond motifs is 1. The number of thiophene rings is 2. The number of aromatic nitrogens is 2. The zero-order valence-electron chi connectivity index (χ0n) is 11.9. The van der Waals surface area contributed by atoms with Crippen LogP contribution in [0.25, 0.3) is 20.7 Å². The predicted molar refractivity (Wildman–Crippen MR) is 94.6 cm³/mol. The molecule has 0 spiro atoms. The van der Waals surface area contributed by atoms with Gasteiger partial charge in [-0.05, 0) is 23.4 Å². The van der Waals surface area contributed by atoms with E-state index in [1.54, 1.807) is 22.7 Å². The molecule has 0 N–H and O–H groups in total. The third kappa shape index (κ3) is 2.67. The molecule has 4 rings (SSSR count). The van der Waals surface area contributed by atoms with Crippen molar-refractivity contribution in [1.82, 2.24) is 9.97 Å². The van der Waals surface area contributed by atoms with Crippen molar-refractivity contribution in [3.63, 3.8) is 0 Å². The molecule has 0 saturated carbocycles. The number of hydrogen-bond donors (Lipinski definition) is 0. The molecule has 0 aliphatic carbocycles. The van der Waals surface area contributed by atoms with Gasteiger partial charge in [0, 0.05) is 33.8 Å². The third-order valence-electron chi connectivity index (χ3n) is 3.65. The molecule has 0 aliphatic heterocycles. The van der Waals surface area contributed by atoms with Crippen LogP contribution in [-0.4, -0.2) is 9.97 Å². The van der Waals surface area contributed by atoms with Crippen LogP contribution >= 0.6 is 22.7 Å². The minimum atomic E-state index is 0.881. The Balaban J connectivity index is 1.59. The molecule has 3 aromatic heterocycles. The topological polar surface area (TPSA) is 25.8 Å². The van der Waals surface area contributed by atoms with E-state index in [4.69, 9.17) is 4.98 Å². The first kappa shape index (κ1) is 13.6. The second-order valence-corrected chi connectivity index (χ2v) is 6.92. The average Bonchev–Trinajstić information content (AvgIpc) is 3.22. The largest absolute Gasteiger partial charge is 0.241 e. The number of benzene rings is 1. The lowest BCUT2D eigenvalue weighted by Crippen LogP contribution is -1.97. The highest BCUT2D eigenvalue weighted by Gasteiger charge is 2.10. The van der Waals surface area contributed by atoms with Gasteiger partial charge in [0.1, 0.15) is 10.7 Å². The molecule has 0 bridgehead atoms. The van der Waals surface area contributed by atoms with Gasteiger partial charge in [-0.2, -0.15) is 0 Å². The van der Waals surface area contributed by atoms with Crippen LogP contribution in [0.2, 0.25) is 0 Å². The first-order valence-electron chi connectivity index (χ1n) is 7.21. The van der Waals surface area contributed by atoms with Gasteiger partial charge in [-0.15, -0.1) is 22.7 Å². The highest BCUT2D eigenvalue weighted by molar-refractivity contribution is 7.18. The van der Waals surface area contributed by atoms with Crippen LogP contribution in [0.4, 0.5) is 0 Å². The molecule has 4 heteroatoms. The summed E-state index contributed by atoms with van der Waals surface area (Å²) in [6.07, 6.45) is 3.84. The molecule has 0 radical (unpaired) electrons. The molecule has 108 valence electrons. The molecule has 2 nitrogen and oxygen atoms in total. The van der Waals surface area contributed by atoms with Crippen molar-refractivity contribution >= 4 is 32.9 Å². The number of nitrogens with zero attached hydrogens (tertiary/aromatic N) is 2. The van der Waals surface area contributed by atoms with Crippen LogP contribution < -0.4 is 0 Å². The summed E-state index contributed by atoms with van der Waals surface area (Å²) < 4.78 is 0. The third-order valence-corrected chi connectivity index (χ3v) is 5.44. The average molecular weight is 322 g/mol. The molecule has 0 atom stereocenters. The summed E-state index contributed by atoms with van der Waals surface area (Å²) >= 11 is 3.46. The van der Waals surface area contributed by atoms with Crippen molar-refractivity contribution in [2.24, 2.45) is 0 Å². The maximum Gasteiger partial charge on any atom is 0.130 e. The first-order valence-corrected chi connectivity index (χ1v) is 8.97. The van der Waals surface area contributed by atoms with E-state index >= 15 is 0 Å². The maximum atomic E-state index is 4.73. The Kier molecular flexibility index (Phi) is 3.70. The zero-order chi connectivity index (χ0) is 14.8. The molecular weight excluding hydrogens is 308 g/mol. The molecule has 0 unspecified atom stereocenters. The molecule has 0 amide bonds. The zero-order valence-corrected chi connectivity index (χ0v) is 13.5. The van der Waals surface area contributed by atoms with E-state index < -0.39 is 0 Å². The summed E-state index contributed by atoms with van der Waals surface area (Å²) in [5.74, 6) is 0.927. The van der Waals surface area contributed by atoms with E-state index in [-0.39, 0.29) is 0 Å². The van der Waals surface area contributed by atoms with Crippen LogP contribution in [-0.2, 0) is 12.8 Å². The van der Waals surface area contributed by atoms with E-state index in [1.807, 2.05) is 12.3 Å². The fourth-order valence-corrected chi connectivity index (χ4v) is 4.26. The highest BCUT2D eigenvalue weighted by Crippen LogP contribution is 2.34. The van der Waals surface area contributed by atoms with Gasteiger partial charge >= 0.3 is 0 Å². The van der Waals surface area contributed by atoms with Gasteiger partial charge in [-0.25, -0.2) is 9.97 Å². The monoisotopic (exact) mass is 322 g/mol. The summed E-state index contributed by atoms with van der Waals surface area (Å²) in [6, 6.07) is 14.7. The molecular formula is C18H14N2S2. The fraction of sp³-hybridized carbons (Fsp3) is 0.111. The minimum Gasteiger partial charge on any atom is -0.241 e. The smallest absolute Gasteiger partial charge is 0.130 e. The number of aryl methyl sites for hydroxylation is 2. The summed E-state index contributed by atoms with van der Waals surface area (Å²) in [6.45, 7) is 0. The second-order valence-electron chi connectivity index (χ2n) is 5.12. The normalized spacial score (nSPS) is 11.1. The van der Waals surface area contributed by atoms with Crippen LogP contribution in [0.5, 0.6) is 0 Å². The molecule has 0 fully saturated rings.